The smallest absolute Gasteiger partial charge is 0.343 e. The highest BCUT2D eigenvalue weighted by Crippen LogP contribution is 2.31. The molecule has 0 saturated carbocycles. The summed E-state index contributed by atoms with van der Waals surface area (Å²) in [6.45, 7) is 3.59. The van der Waals surface area contributed by atoms with Crippen LogP contribution in [0.5, 0.6) is 5.75 Å². The maximum Gasteiger partial charge on any atom is 0.343 e. The molecular weight excluding hydrogens is 518 g/mol. The predicted octanol–water partition coefficient (Wildman–Crippen LogP) is 5.90. The summed E-state index contributed by atoms with van der Waals surface area (Å²) < 4.78 is 5.82. The van der Waals surface area contributed by atoms with Crippen LogP contribution in [0, 0.1) is 13.8 Å². The van der Waals surface area contributed by atoms with Crippen molar-refractivity contribution in [1.82, 2.24) is 0 Å². The van der Waals surface area contributed by atoms with E-state index in [1.807, 2.05) is 32.0 Å². The molecule has 1 fully saturated rings. The Morgan fingerprint density at radius 3 is 1.90 bits per heavy atom. The predicted molar refractivity (Wildman–Crippen MR) is 158 cm³/mol. The molecule has 8 heteroatoms. The summed E-state index contributed by atoms with van der Waals surface area (Å²) in [7, 11) is 0. The van der Waals surface area contributed by atoms with Crippen molar-refractivity contribution in [2.75, 3.05) is 21.7 Å². The van der Waals surface area contributed by atoms with E-state index in [4.69, 9.17) is 4.74 Å². The van der Waals surface area contributed by atoms with Gasteiger partial charge in [0, 0.05) is 11.3 Å². The second-order valence-corrected chi connectivity index (χ2v) is 9.49. The van der Waals surface area contributed by atoms with E-state index in [-0.39, 0.29) is 18.1 Å². The molecular formula is C33H27N3O5. The third-order valence-electron chi connectivity index (χ3n) is 6.51. The topological polar surface area (TPSA) is 96.0 Å². The lowest BCUT2D eigenvalue weighted by atomic mass is 10.0. The Kier molecular flexibility index (Phi) is 7.74. The first-order valence-corrected chi connectivity index (χ1v) is 13.0. The number of rotatable bonds is 7. The number of carbonyl (C=O) groups excluding carboxylic acids is 4. The number of nitrogens with one attached hydrogen (secondary N) is 1. The summed E-state index contributed by atoms with van der Waals surface area (Å²) in [4.78, 5) is 55.4. The number of hydrogen-bond acceptors (Lipinski definition) is 5. The summed E-state index contributed by atoms with van der Waals surface area (Å²) in [5, 5.41) is 2.84. The fourth-order valence-corrected chi connectivity index (χ4v) is 4.51. The van der Waals surface area contributed by atoms with Crippen LogP contribution in [-0.2, 0) is 14.4 Å². The lowest BCUT2D eigenvalue weighted by Gasteiger charge is -2.34. The third kappa shape index (κ3) is 5.77. The van der Waals surface area contributed by atoms with E-state index in [0.717, 1.165) is 20.9 Å². The zero-order valence-corrected chi connectivity index (χ0v) is 22.5. The van der Waals surface area contributed by atoms with Crippen LogP contribution >= 0.6 is 0 Å². The average Bonchev–Trinajstić information content (AvgIpc) is 2.97. The van der Waals surface area contributed by atoms with Crippen LogP contribution in [0.1, 0.15) is 16.7 Å². The number of amides is 5. The zero-order chi connectivity index (χ0) is 28.9. The highest BCUT2D eigenvalue weighted by molar-refractivity contribution is 6.46. The van der Waals surface area contributed by atoms with Crippen LogP contribution in [0.4, 0.5) is 21.9 Å². The number of imide groups is 2. The molecule has 0 unspecified atom stereocenters. The summed E-state index contributed by atoms with van der Waals surface area (Å²) in [5.41, 5.74) is 3.53. The fourth-order valence-electron chi connectivity index (χ4n) is 4.51. The first-order chi connectivity index (χ1) is 19.8. The number of hydrogen-bond donors (Lipinski definition) is 1. The maximum atomic E-state index is 13.6. The van der Waals surface area contributed by atoms with Crippen LogP contribution in [0.25, 0.3) is 6.08 Å². The first kappa shape index (κ1) is 27.1. The lowest BCUT2D eigenvalue weighted by molar-refractivity contribution is -0.121. The molecule has 1 N–H and O–H groups in total. The Hall–Kier alpha value is -5.50. The molecule has 0 aliphatic carbocycles. The number of carbonyl (C=O) groups is 4. The number of urea groups is 1. The third-order valence-corrected chi connectivity index (χ3v) is 6.51. The standard InChI is InChI=1S/C33H27N3O5/c1-22-17-18-28(23(2)19-22)34-30(37)21-41-29-16-10-9-11-24(29)20-27-31(38)35(25-12-5-3-6-13-25)33(40)36(32(27)39)26-14-7-4-8-15-26/h3-20H,21H2,1-2H3,(H,34,37). The minimum atomic E-state index is -0.776. The van der Waals surface area contributed by atoms with Gasteiger partial charge in [0.05, 0.1) is 11.4 Å². The van der Waals surface area contributed by atoms with Gasteiger partial charge < -0.3 is 10.1 Å². The molecule has 0 atom stereocenters. The molecule has 1 heterocycles. The fraction of sp³-hybridized carbons (Fsp3) is 0.0909. The van der Waals surface area contributed by atoms with Gasteiger partial charge in [-0.1, -0.05) is 72.3 Å². The second kappa shape index (κ2) is 11.7. The van der Waals surface area contributed by atoms with Crippen LogP contribution < -0.4 is 19.9 Å². The van der Waals surface area contributed by atoms with Gasteiger partial charge in [-0.15, -0.1) is 0 Å². The van der Waals surface area contributed by atoms with Crippen LogP contribution in [0.15, 0.2) is 109 Å². The molecule has 5 rings (SSSR count). The van der Waals surface area contributed by atoms with E-state index in [2.05, 4.69) is 5.32 Å². The molecule has 4 aromatic carbocycles. The molecule has 5 amide bonds. The second-order valence-electron chi connectivity index (χ2n) is 9.49. The number of para-hydroxylation sites is 3. The quantitative estimate of drug-likeness (QED) is 0.230. The van der Waals surface area contributed by atoms with Crippen molar-refractivity contribution in [2.24, 2.45) is 0 Å². The minimum absolute atomic E-state index is 0.229. The van der Waals surface area contributed by atoms with Crippen molar-refractivity contribution < 1.29 is 23.9 Å². The molecule has 41 heavy (non-hydrogen) atoms. The van der Waals surface area contributed by atoms with Crippen molar-refractivity contribution in [2.45, 2.75) is 13.8 Å². The van der Waals surface area contributed by atoms with E-state index < -0.39 is 17.8 Å². The SMILES string of the molecule is Cc1ccc(NC(=O)COc2ccccc2C=C2C(=O)N(c3ccccc3)C(=O)N(c3ccccc3)C2=O)c(C)c1. The van der Waals surface area contributed by atoms with E-state index >= 15 is 0 Å². The minimum Gasteiger partial charge on any atom is -0.483 e. The Labute approximate surface area is 237 Å². The van der Waals surface area contributed by atoms with Gasteiger partial charge in [-0.25, -0.2) is 14.6 Å². The van der Waals surface area contributed by atoms with Crippen molar-refractivity contribution in [1.29, 1.82) is 0 Å². The van der Waals surface area contributed by atoms with Crippen LogP contribution in [-0.4, -0.2) is 30.4 Å². The summed E-state index contributed by atoms with van der Waals surface area (Å²) in [6, 6.07) is 28.5. The van der Waals surface area contributed by atoms with Crippen molar-refractivity contribution in [3.8, 4) is 5.75 Å². The molecule has 1 aliphatic heterocycles. The monoisotopic (exact) mass is 545 g/mol. The Morgan fingerprint density at radius 2 is 1.32 bits per heavy atom. The average molecular weight is 546 g/mol. The van der Waals surface area contributed by atoms with E-state index in [0.29, 0.717) is 28.4 Å². The summed E-state index contributed by atoms with van der Waals surface area (Å²) in [5.74, 6) is -1.59. The van der Waals surface area contributed by atoms with Crippen molar-refractivity contribution >= 4 is 46.9 Å². The Morgan fingerprint density at radius 1 is 0.756 bits per heavy atom. The number of aryl methyl sites for hydroxylation is 2. The van der Waals surface area contributed by atoms with Gasteiger partial charge in [0.2, 0.25) is 0 Å². The molecule has 4 aromatic rings. The Balaban J connectivity index is 1.46. The van der Waals surface area contributed by atoms with Gasteiger partial charge >= 0.3 is 6.03 Å². The van der Waals surface area contributed by atoms with Crippen molar-refractivity contribution in [3.05, 3.63) is 125 Å². The number of ether oxygens (including phenoxy) is 1. The highest BCUT2D eigenvalue weighted by Gasteiger charge is 2.43. The Bertz CT molecular complexity index is 1600. The highest BCUT2D eigenvalue weighted by atomic mass is 16.5. The number of benzene rings is 4. The molecule has 1 saturated heterocycles. The zero-order valence-electron chi connectivity index (χ0n) is 22.5. The van der Waals surface area contributed by atoms with Gasteiger partial charge in [0.15, 0.2) is 6.61 Å². The van der Waals surface area contributed by atoms with E-state index in [1.165, 1.54) is 6.08 Å². The molecule has 0 bridgehead atoms. The van der Waals surface area contributed by atoms with Crippen LogP contribution in [0.2, 0.25) is 0 Å². The summed E-state index contributed by atoms with van der Waals surface area (Å²) >= 11 is 0. The normalized spacial score (nSPS) is 13.3. The van der Waals surface area contributed by atoms with Crippen molar-refractivity contribution in [3.63, 3.8) is 0 Å². The van der Waals surface area contributed by atoms with Gasteiger partial charge in [-0.05, 0) is 61.9 Å². The van der Waals surface area contributed by atoms with E-state index in [9.17, 15) is 19.2 Å². The lowest BCUT2D eigenvalue weighted by Crippen LogP contribution is -2.57. The van der Waals surface area contributed by atoms with Gasteiger partial charge in [-0.2, -0.15) is 0 Å². The maximum absolute atomic E-state index is 13.6. The van der Waals surface area contributed by atoms with E-state index in [1.54, 1.807) is 84.9 Å². The molecule has 1 aliphatic rings. The molecule has 204 valence electrons. The molecule has 8 nitrogen and oxygen atoms in total. The van der Waals surface area contributed by atoms with Gasteiger partial charge in [0.25, 0.3) is 17.7 Å². The number of barbiturate groups is 1. The first-order valence-electron chi connectivity index (χ1n) is 13.0. The van der Waals surface area contributed by atoms with Crippen LogP contribution in [0.3, 0.4) is 0 Å². The van der Waals surface area contributed by atoms with Gasteiger partial charge in [-0.3, -0.25) is 14.4 Å². The van der Waals surface area contributed by atoms with Gasteiger partial charge in [0.1, 0.15) is 11.3 Å². The summed E-state index contributed by atoms with van der Waals surface area (Å²) in [6.07, 6.45) is 1.39. The number of anilines is 3. The molecule has 0 radical (unpaired) electrons. The number of nitrogens with zero attached hydrogens (tertiary/aromatic N) is 2. The molecule has 0 aromatic heterocycles. The largest absolute Gasteiger partial charge is 0.483 e. The molecule has 0 spiro atoms.